The Hall–Kier alpha value is -1.28. The van der Waals surface area contributed by atoms with Crippen molar-refractivity contribution < 1.29 is 4.39 Å². The van der Waals surface area contributed by atoms with Crippen LogP contribution in [0, 0.1) is 23.7 Å². The van der Waals surface area contributed by atoms with Gasteiger partial charge in [-0.2, -0.15) is 12.6 Å². The zero-order valence-electron chi connectivity index (χ0n) is 20.1. The van der Waals surface area contributed by atoms with E-state index in [-0.39, 0.29) is 11.7 Å². The van der Waals surface area contributed by atoms with E-state index in [1.807, 2.05) is 13.8 Å². The van der Waals surface area contributed by atoms with Crippen LogP contribution in [0.5, 0.6) is 0 Å². The van der Waals surface area contributed by atoms with Crippen molar-refractivity contribution in [3.8, 4) is 0 Å². The molecule has 1 fully saturated rings. The number of thiol groups is 1. The molecule has 0 bridgehead atoms. The number of hydrogen-bond donors (Lipinski definition) is 1. The molecule has 1 atom stereocenters. The minimum atomic E-state index is -0.141. The van der Waals surface area contributed by atoms with Gasteiger partial charge in [0.1, 0.15) is 5.83 Å². The molecule has 2 aliphatic rings. The second-order valence-electron chi connectivity index (χ2n) is 9.61. The highest BCUT2D eigenvalue weighted by Crippen LogP contribution is 2.44. The summed E-state index contributed by atoms with van der Waals surface area (Å²) in [7, 11) is 0. The second-order valence-corrected chi connectivity index (χ2v) is 9.97. The van der Waals surface area contributed by atoms with Gasteiger partial charge in [0.2, 0.25) is 0 Å². The maximum absolute atomic E-state index is 14.5. The maximum atomic E-state index is 14.5. The van der Waals surface area contributed by atoms with Gasteiger partial charge in [-0.25, -0.2) is 4.39 Å². The van der Waals surface area contributed by atoms with E-state index in [0.29, 0.717) is 5.92 Å². The lowest BCUT2D eigenvalue weighted by Gasteiger charge is -2.40. The summed E-state index contributed by atoms with van der Waals surface area (Å²) >= 11 is 4.47. The monoisotopic (exact) mass is 428 g/mol. The summed E-state index contributed by atoms with van der Waals surface area (Å²) in [6.45, 7) is 14.9. The minimum Gasteiger partial charge on any atom is -0.207 e. The van der Waals surface area contributed by atoms with Gasteiger partial charge in [-0.3, -0.25) is 0 Å². The average molecular weight is 429 g/mol. The van der Waals surface area contributed by atoms with Crippen molar-refractivity contribution in [3.05, 3.63) is 69.6 Å². The molecular weight excluding hydrogens is 387 g/mol. The molecule has 2 aliphatic carbocycles. The van der Waals surface area contributed by atoms with Gasteiger partial charge in [0.25, 0.3) is 0 Å². The van der Waals surface area contributed by atoms with Crippen LogP contribution >= 0.6 is 12.6 Å². The normalized spacial score (nSPS) is 26.9. The summed E-state index contributed by atoms with van der Waals surface area (Å²) in [6.07, 6.45) is 15.0. The molecule has 0 saturated heterocycles. The highest BCUT2D eigenvalue weighted by Gasteiger charge is 2.34. The van der Waals surface area contributed by atoms with Crippen molar-refractivity contribution >= 4 is 12.6 Å². The van der Waals surface area contributed by atoms with Crippen LogP contribution in [0.4, 0.5) is 4.39 Å². The molecule has 2 heteroatoms. The fourth-order valence-corrected chi connectivity index (χ4v) is 5.05. The predicted octanol–water partition coefficient (Wildman–Crippen LogP) is 8.96. The first kappa shape index (κ1) is 25.0. The lowest BCUT2D eigenvalue weighted by Crippen LogP contribution is -2.31. The zero-order chi connectivity index (χ0) is 22.4. The molecule has 166 valence electrons. The Labute approximate surface area is 190 Å². The largest absolute Gasteiger partial charge is 0.207 e. The lowest BCUT2D eigenvalue weighted by molar-refractivity contribution is 0.164. The fourth-order valence-electron chi connectivity index (χ4n) is 4.75. The Bertz CT molecular complexity index is 794. The van der Waals surface area contributed by atoms with Gasteiger partial charge in [-0.15, -0.1) is 0 Å². The summed E-state index contributed by atoms with van der Waals surface area (Å²) < 4.78 is 14.5. The van der Waals surface area contributed by atoms with Gasteiger partial charge in [0.05, 0.1) is 0 Å². The summed E-state index contributed by atoms with van der Waals surface area (Å²) in [5.41, 5.74) is 7.57. The van der Waals surface area contributed by atoms with E-state index < -0.39 is 0 Å². The molecule has 0 aliphatic heterocycles. The molecule has 0 spiro atoms. The standard InChI is InChI=1S/C28H41FS/c1-8-19(4)21(6)28(20(5)13-27(29)12-18(2)3)22(7)24-10-9-11-25(16-24)26-14-23(15-26)17-30/h9-13,18,23,25-26,30H,8,14-17H2,1-7H3/b20-13+,21-19-,27-12+,28-22-. The Morgan fingerprint density at radius 2 is 1.87 bits per heavy atom. The summed E-state index contributed by atoms with van der Waals surface area (Å²) in [6, 6.07) is 0. The average Bonchev–Trinajstić information content (AvgIpc) is 2.66. The smallest absolute Gasteiger partial charge is 0.119 e. The number of allylic oxidation sites excluding steroid dienone is 12. The number of halogens is 1. The zero-order valence-corrected chi connectivity index (χ0v) is 21.0. The Kier molecular flexibility index (Phi) is 9.47. The predicted molar refractivity (Wildman–Crippen MR) is 135 cm³/mol. The van der Waals surface area contributed by atoms with Crippen LogP contribution in [0.25, 0.3) is 0 Å². The highest BCUT2D eigenvalue weighted by atomic mass is 32.1. The van der Waals surface area contributed by atoms with Crippen molar-refractivity contribution in [2.45, 2.75) is 74.1 Å². The molecule has 0 amide bonds. The van der Waals surface area contributed by atoms with Crippen LogP contribution in [0.3, 0.4) is 0 Å². The van der Waals surface area contributed by atoms with E-state index in [1.165, 1.54) is 40.7 Å². The minimum absolute atomic E-state index is 0.141. The summed E-state index contributed by atoms with van der Waals surface area (Å²) in [5, 5.41) is 0. The van der Waals surface area contributed by atoms with Crippen LogP contribution in [0.2, 0.25) is 0 Å². The molecule has 0 aromatic rings. The third-order valence-electron chi connectivity index (χ3n) is 6.89. The van der Waals surface area contributed by atoms with E-state index in [1.54, 1.807) is 12.2 Å². The first-order valence-corrected chi connectivity index (χ1v) is 12.2. The van der Waals surface area contributed by atoms with Crippen molar-refractivity contribution in [2.24, 2.45) is 23.7 Å². The van der Waals surface area contributed by atoms with E-state index in [9.17, 15) is 4.39 Å². The maximum Gasteiger partial charge on any atom is 0.119 e. The van der Waals surface area contributed by atoms with Crippen LogP contribution < -0.4 is 0 Å². The van der Waals surface area contributed by atoms with Gasteiger partial charge in [-0.1, -0.05) is 44.6 Å². The summed E-state index contributed by atoms with van der Waals surface area (Å²) in [5.74, 6) is 3.28. The Morgan fingerprint density at radius 3 is 2.43 bits per heavy atom. The molecule has 0 aromatic heterocycles. The second kappa shape index (κ2) is 11.4. The highest BCUT2D eigenvalue weighted by molar-refractivity contribution is 7.80. The van der Waals surface area contributed by atoms with Crippen LogP contribution in [-0.4, -0.2) is 5.75 Å². The van der Waals surface area contributed by atoms with Crippen LogP contribution in [-0.2, 0) is 0 Å². The third kappa shape index (κ3) is 6.36. The molecular formula is C28H41FS. The molecule has 30 heavy (non-hydrogen) atoms. The van der Waals surface area contributed by atoms with E-state index in [2.05, 4.69) is 65.5 Å². The lowest BCUT2D eigenvalue weighted by atomic mass is 9.66. The van der Waals surface area contributed by atoms with Crippen LogP contribution in [0.1, 0.15) is 74.1 Å². The van der Waals surface area contributed by atoms with Gasteiger partial charge in [0, 0.05) is 0 Å². The SMILES string of the molecule is CC\C(C)=C(C)/C(=C(/C)C1=CC=CC(C2CC(CS)C2)C1)C(/C)=C/C(F)=C\C(C)C. The number of rotatable bonds is 8. The summed E-state index contributed by atoms with van der Waals surface area (Å²) in [4.78, 5) is 0. The van der Waals surface area contributed by atoms with Crippen molar-refractivity contribution in [3.63, 3.8) is 0 Å². The first-order chi connectivity index (χ1) is 14.2. The quantitative estimate of drug-likeness (QED) is 0.289. The van der Waals surface area contributed by atoms with Gasteiger partial charge < -0.3 is 0 Å². The molecule has 0 N–H and O–H groups in total. The molecule has 1 saturated carbocycles. The molecule has 0 nitrogen and oxygen atoms in total. The van der Waals surface area contributed by atoms with Crippen molar-refractivity contribution in [1.29, 1.82) is 0 Å². The van der Waals surface area contributed by atoms with Gasteiger partial charge in [0.15, 0.2) is 0 Å². The molecule has 1 unspecified atom stereocenters. The van der Waals surface area contributed by atoms with Crippen LogP contribution in [0.15, 0.2) is 69.6 Å². The van der Waals surface area contributed by atoms with Crippen molar-refractivity contribution in [2.75, 3.05) is 5.75 Å². The Balaban J connectivity index is 2.40. The third-order valence-corrected chi connectivity index (χ3v) is 7.41. The van der Waals surface area contributed by atoms with Gasteiger partial charge in [-0.05, 0) is 123 Å². The van der Waals surface area contributed by atoms with E-state index in [4.69, 9.17) is 0 Å². The number of hydrogen-bond acceptors (Lipinski definition) is 1. The molecule has 0 radical (unpaired) electrons. The Morgan fingerprint density at radius 1 is 1.20 bits per heavy atom. The van der Waals surface area contributed by atoms with E-state index in [0.717, 1.165) is 36.0 Å². The van der Waals surface area contributed by atoms with Gasteiger partial charge >= 0.3 is 0 Å². The topological polar surface area (TPSA) is 0 Å². The fraction of sp³-hybridized carbons (Fsp3) is 0.571. The molecule has 0 heterocycles. The van der Waals surface area contributed by atoms with E-state index >= 15 is 0 Å². The molecule has 0 aromatic carbocycles. The molecule has 2 rings (SSSR count). The first-order valence-electron chi connectivity index (χ1n) is 11.6. The van der Waals surface area contributed by atoms with Crippen molar-refractivity contribution in [1.82, 2.24) is 0 Å².